The molecule has 9 rings (SSSR count). The molecule has 406 valence electrons. The summed E-state index contributed by atoms with van der Waals surface area (Å²) >= 11 is 0. The van der Waals surface area contributed by atoms with E-state index < -0.39 is 5.92 Å². The lowest BCUT2D eigenvalue weighted by Crippen LogP contribution is -2.32. The molecule has 17 nitrogen and oxygen atoms in total. The number of Topliss-reactive ketones (excluding diaryl/α,β-unsaturated/α-hetero) is 1. The molecule has 1 unspecified atom stereocenters. The molecule has 0 saturated carbocycles. The quantitative estimate of drug-likeness (QED) is 0.0492. The first-order valence-corrected chi connectivity index (χ1v) is 26.8. The molecule has 78 heavy (non-hydrogen) atoms. The van der Waals surface area contributed by atoms with Crippen molar-refractivity contribution in [3.05, 3.63) is 125 Å². The summed E-state index contributed by atoms with van der Waals surface area (Å²) in [4.78, 5) is 94.7. The monoisotopic (exact) mass is 1060 g/mol. The van der Waals surface area contributed by atoms with Gasteiger partial charge in [-0.25, -0.2) is 0 Å². The average molecular weight is 1060 g/mol. The Morgan fingerprint density at radius 2 is 1.27 bits per heavy atom. The Bertz CT molecular complexity index is 3090. The third-order valence-corrected chi connectivity index (χ3v) is 14.7. The minimum absolute atomic E-state index is 0.0184. The van der Waals surface area contributed by atoms with Crippen LogP contribution in [-0.2, 0) is 19.2 Å². The lowest BCUT2D eigenvalue weighted by Gasteiger charge is -2.19. The number of nitrogens with one attached hydrogen (secondary N) is 1. The molecule has 4 aromatic carbocycles. The van der Waals surface area contributed by atoms with Crippen molar-refractivity contribution in [2.24, 2.45) is 15.9 Å². The Labute approximate surface area is 455 Å². The maximum atomic E-state index is 14.2. The van der Waals surface area contributed by atoms with Gasteiger partial charge in [0.2, 0.25) is 5.91 Å². The summed E-state index contributed by atoms with van der Waals surface area (Å²) in [7, 11) is 7.18. The summed E-state index contributed by atoms with van der Waals surface area (Å²) in [5.74, 6) is 0.655. The smallest absolute Gasteiger partial charge is 0.260 e. The van der Waals surface area contributed by atoms with Gasteiger partial charge in [-0.2, -0.15) is 0 Å². The zero-order valence-corrected chi connectivity index (χ0v) is 45.0. The van der Waals surface area contributed by atoms with Gasteiger partial charge in [0.05, 0.1) is 62.0 Å². The van der Waals surface area contributed by atoms with Crippen LogP contribution in [-0.4, -0.2) is 134 Å². The Morgan fingerprint density at radius 3 is 1.87 bits per heavy atom. The van der Waals surface area contributed by atoms with Crippen LogP contribution >= 0.6 is 0 Å². The van der Waals surface area contributed by atoms with Crippen LogP contribution in [0.1, 0.15) is 108 Å². The van der Waals surface area contributed by atoms with Gasteiger partial charge in [0, 0.05) is 99.4 Å². The molecule has 0 bridgehead atoms. The van der Waals surface area contributed by atoms with Crippen molar-refractivity contribution in [1.82, 2.24) is 19.6 Å². The van der Waals surface area contributed by atoms with E-state index in [-0.39, 0.29) is 53.8 Å². The Kier molecular flexibility index (Phi) is 17.4. The van der Waals surface area contributed by atoms with Crippen LogP contribution in [0.25, 0.3) is 11.1 Å². The van der Waals surface area contributed by atoms with Crippen molar-refractivity contribution in [3.63, 3.8) is 0 Å². The standard InChI is InChI=1S/C61H67N7O10/c1-39-28-50-52(62-35-46-30-44(38-67(46)60(50)73)41-16-20-49(75-4)21-17-41)33-54(39)77-26-11-27-78-56-34-53-51(32-55(56)76-5)61(74)68-37-43(29-47(68)36-63-53)40-14-18-45(19-15-40)64-59(72)42(12-8-10-24-65(2)3)31-48(69)13-7-6-9-25-66-57(70)22-23-58(66)71/h14-23,28,32-38,42,46-47H,6-13,24-27,29-31H2,1-5H3,(H,64,72)/t42?,46-,47-/m0/s1. The lowest BCUT2D eigenvalue weighted by molar-refractivity contribution is -0.137. The number of nitrogens with zero attached hydrogens (tertiary/aromatic N) is 6. The molecule has 0 aromatic heterocycles. The number of ether oxygens (including phenoxy) is 4. The van der Waals surface area contributed by atoms with Crippen molar-refractivity contribution >= 4 is 76.0 Å². The Balaban J connectivity index is 0.760. The molecule has 3 atom stereocenters. The zero-order chi connectivity index (χ0) is 54.9. The van der Waals surface area contributed by atoms with Gasteiger partial charge in [0.25, 0.3) is 23.6 Å². The molecule has 0 spiro atoms. The predicted molar refractivity (Wildman–Crippen MR) is 299 cm³/mol. The van der Waals surface area contributed by atoms with Crippen molar-refractivity contribution in [3.8, 4) is 23.0 Å². The van der Waals surface area contributed by atoms with Gasteiger partial charge in [-0.1, -0.05) is 37.1 Å². The molecule has 0 saturated heterocycles. The van der Waals surface area contributed by atoms with Crippen LogP contribution in [0.5, 0.6) is 23.0 Å². The summed E-state index contributed by atoms with van der Waals surface area (Å²) in [6, 6.07) is 21.9. The number of hydrogen-bond donors (Lipinski definition) is 1. The third-order valence-electron chi connectivity index (χ3n) is 14.7. The second-order valence-electron chi connectivity index (χ2n) is 20.5. The van der Waals surface area contributed by atoms with Crippen molar-refractivity contribution in [2.45, 2.75) is 89.6 Å². The minimum Gasteiger partial charge on any atom is -0.497 e. The van der Waals surface area contributed by atoms with E-state index in [1.807, 2.05) is 100 Å². The molecule has 0 fully saturated rings. The second-order valence-corrected chi connectivity index (χ2v) is 20.5. The highest BCUT2D eigenvalue weighted by Crippen LogP contribution is 2.41. The number of fused-ring (bicyclic) bond motifs is 4. The predicted octanol–water partition coefficient (Wildman–Crippen LogP) is 9.53. The molecule has 0 radical (unpaired) electrons. The third kappa shape index (κ3) is 12.8. The average Bonchev–Trinajstić information content (AvgIpc) is 4.21. The molecule has 5 aliphatic rings. The maximum Gasteiger partial charge on any atom is 0.260 e. The fraction of sp³-hybridized carbons (Fsp3) is 0.377. The summed E-state index contributed by atoms with van der Waals surface area (Å²) in [5.41, 5.74) is 7.30. The molecule has 17 heteroatoms. The number of methoxy groups -OCH3 is 2. The SMILES string of the molecule is COc1ccc(C2=CN3C(=O)c4cc(C)c(OCCCOc5cc6c(cc5OC)C(=O)N5C=C(c7ccc(NC(=O)C(CCCCN(C)C)CC(=O)CCCCCN8C(=O)C=CC8=O)cc7)C[C@H]5C=N6)cc4N=C[C@@H]3C2)cc1. The molecule has 0 aliphatic carbocycles. The summed E-state index contributed by atoms with van der Waals surface area (Å²) in [6.07, 6.45) is 16.4. The van der Waals surface area contributed by atoms with Crippen molar-refractivity contribution in [1.29, 1.82) is 0 Å². The van der Waals surface area contributed by atoms with E-state index in [2.05, 4.69) is 10.2 Å². The first-order chi connectivity index (χ1) is 37.8. The van der Waals surface area contributed by atoms with Gasteiger partial charge in [-0.3, -0.25) is 43.7 Å². The number of aliphatic imine (C=N–C) groups is 2. The fourth-order valence-corrected chi connectivity index (χ4v) is 10.3. The molecule has 4 aromatic rings. The van der Waals surface area contributed by atoms with Gasteiger partial charge < -0.3 is 39.0 Å². The number of aryl methyl sites for hydroxylation is 1. The van der Waals surface area contributed by atoms with Crippen LogP contribution in [0.4, 0.5) is 17.1 Å². The van der Waals surface area contributed by atoms with E-state index >= 15 is 0 Å². The van der Waals surface area contributed by atoms with E-state index in [1.54, 1.807) is 35.3 Å². The van der Waals surface area contributed by atoms with Gasteiger partial charge >= 0.3 is 0 Å². The molecule has 5 amide bonds. The number of benzene rings is 4. The number of ketones is 1. The number of carbonyl (C=O) groups is 6. The van der Waals surface area contributed by atoms with Crippen molar-refractivity contribution < 1.29 is 47.7 Å². The van der Waals surface area contributed by atoms with Crippen LogP contribution in [0.2, 0.25) is 0 Å². The highest BCUT2D eigenvalue weighted by Gasteiger charge is 2.35. The number of imide groups is 1. The number of anilines is 1. The normalized spacial score (nSPS) is 17.5. The number of rotatable bonds is 25. The lowest BCUT2D eigenvalue weighted by atomic mass is 9.93. The summed E-state index contributed by atoms with van der Waals surface area (Å²) in [6.45, 7) is 3.76. The molecule has 1 N–H and O–H groups in total. The first kappa shape index (κ1) is 54.6. The Hall–Kier alpha value is -8.18. The first-order valence-electron chi connectivity index (χ1n) is 26.8. The van der Waals surface area contributed by atoms with Gasteiger partial charge in [-0.15, -0.1) is 0 Å². The number of amides is 5. The molecule has 5 aliphatic heterocycles. The molecule has 5 heterocycles. The fourth-order valence-electron chi connectivity index (χ4n) is 10.3. The minimum atomic E-state index is -0.482. The number of hydrogen-bond acceptors (Lipinski definition) is 13. The van der Waals surface area contributed by atoms with Crippen LogP contribution in [0.15, 0.2) is 107 Å². The van der Waals surface area contributed by atoms with E-state index in [0.29, 0.717) is 117 Å². The van der Waals surface area contributed by atoms with Crippen LogP contribution in [0, 0.1) is 12.8 Å². The zero-order valence-electron chi connectivity index (χ0n) is 45.0. The second kappa shape index (κ2) is 24.9. The van der Waals surface area contributed by atoms with E-state index in [0.717, 1.165) is 53.0 Å². The van der Waals surface area contributed by atoms with Gasteiger partial charge in [0.1, 0.15) is 17.3 Å². The van der Waals surface area contributed by atoms with Gasteiger partial charge in [-0.05, 0) is 117 Å². The van der Waals surface area contributed by atoms with Crippen molar-refractivity contribution in [2.75, 3.05) is 59.9 Å². The largest absolute Gasteiger partial charge is 0.497 e. The van der Waals surface area contributed by atoms with Gasteiger partial charge in [0.15, 0.2) is 11.5 Å². The molecular formula is C61H67N7O10. The maximum absolute atomic E-state index is 14.2. The van der Waals surface area contributed by atoms with E-state index in [9.17, 15) is 28.8 Å². The van der Waals surface area contributed by atoms with E-state index in [1.165, 1.54) is 24.2 Å². The summed E-state index contributed by atoms with van der Waals surface area (Å²) < 4.78 is 23.4. The highest BCUT2D eigenvalue weighted by molar-refractivity contribution is 6.13. The molecular weight excluding hydrogens is 991 g/mol. The number of unbranched alkanes of at least 4 members (excludes halogenated alkanes) is 3. The van der Waals surface area contributed by atoms with Crippen LogP contribution in [0.3, 0.4) is 0 Å². The number of carbonyl (C=O) groups excluding carboxylic acids is 6. The van der Waals surface area contributed by atoms with Crippen LogP contribution < -0.4 is 24.3 Å². The summed E-state index contributed by atoms with van der Waals surface area (Å²) in [5, 5.41) is 3.05. The Morgan fingerprint density at radius 1 is 0.679 bits per heavy atom. The highest BCUT2D eigenvalue weighted by atomic mass is 16.5. The topological polar surface area (TPSA) is 189 Å². The van der Waals surface area contributed by atoms with E-state index in [4.69, 9.17) is 28.9 Å².